The molecule has 1 aromatic rings. The van der Waals surface area contributed by atoms with E-state index >= 15 is 0 Å². The number of aliphatic carboxylic acids is 1. The van der Waals surface area contributed by atoms with Crippen LogP contribution in [0.15, 0.2) is 22.7 Å². The lowest BCUT2D eigenvalue weighted by Crippen LogP contribution is -2.51. The molecule has 0 aliphatic carbocycles. The minimum atomic E-state index is -0.985. The van der Waals surface area contributed by atoms with Crippen molar-refractivity contribution < 1.29 is 14.7 Å². The third-order valence-corrected chi connectivity index (χ3v) is 5.10. The number of thioether (sulfide) groups is 1. The Labute approximate surface area is 133 Å². The summed E-state index contributed by atoms with van der Waals surface area (Å²) in [4.78, 5) is 24.7. The summed E-state index contributed by atoms with van der Waals surface area (Å²) in [6.07, 6.45) is 0. The Morgan fingerprint density at radius 1 is 1.50 bits per heavy atom. The number of carbonyl (C=O) groups excluding carboxylic acids is 1. The third kappa shape index (κ3) is 3.59. The van der Waals surface area contributed by atoms with Gasteiger partial charge in [-0.05, 0) is 34.1 Å². The van der Waals surface area contributed by atoms with Gasteiger partial charge in [0.1, 0.15) is 6.04 Å². The number of carboxylic acids is 1. The lowest BCUT2D eigenvalue weighted by atomic mass is 10.3. The highest BCUT2D eigenvalue weighted by atomic mass is 79.9. The number of urea groups is 1. The van der Waals surface area contributed by atoms with E-state index in [0.717, 1.165) is 10.2 Å². The quantitative estimate of drug-likeness (QED) is 0.828. The molecule has 1 saturated heterocycles. The van der Waals surface area contributed by atoms with Gasteiger partial charge in [-0.25, -0.2) is 9.59 Å². The van der Waals surface area contributed by atoms with Crippen LogP contribution in [-0.2, 0) is 4.79 Å². The van der Waals surface area contributed by atoms with Crippen LogP contribution in [0.25, 0.3) is 0 Å². The van der Waals surface area contributed by atoms with E-state index in [-0.39, 0.29) is 0 Å². The molecule has 0 radical (unpaired) electrons. The number of hydrogen-bond donors (Lipinski definition) is 2. The molecular formula is C12H12BrClN2O3S. The van der Waals surface area contributed by atoms with E-state index in [1.54, 1.807) is 18.2 Å². The molecule has 0 aromatic heterocycles. The van der Waals surface area contributed by atoms with Crippen LogP contribution in [0.1, 0.15) is 0 Å². The highest BCUT2D eigenvalue weighted by Crippen LogP contribution is 2.26. The van der Waals surface area contributed by atoms with Crippen molar-refractivity contribution in [3.63, 3.8) is 0 Å². The molecule has 20 heavy (non-hydrogen) atoms. The molecule has 0 saturated carbocycles. The van der Waals surface area contributed by atoms with Gasteiger partial charge in [-0.2, -0.15) is 11.8 Å². The average molecular weight is 380 g/mol. The van der Waals surface area contributed by atoms with Crippen LogP contribution in [0.4, 0.5) is 10.5 Å². The second-order valence-electron chi connectivity index (χ2n) is 4.18. The summed E-state index contributed by atoms with van der Waals surface area (Å²) < 4.78 is 0.731. The number of carboxylic acid groups (broad SMARTS) is 1. The molecule has 8 heteroatoms. The molecule has 108 valence electrons. The van der Waals surface area contributed by atoms with Crippen molar-refractivity contribution in [3.05, 3.63) is 27.7 Å². The maximum absolute atomic E-state index is 12.2. The van der Waals surface area contributed by atoms with Gasteiger partial charge in [-0.1, -0.05) is 11.6 Å². The fourth-order valence-electron chi connectivity index (χ4n) is 1.82. The van der Waals surface area contributed by atoms with Gasteiger partial charge < -0.3 is 15.3 Å². The minimum Gasteiger partial charge on any atom is -0.480 e. The summed E-state index contributed by atoms with van der Waals surface area (Å²) in [7, 11) is 0. The van der Waals surface area contributed by atoms with Crippen LogP contribution in [-0.4, -0.2) is 46.1 Å². The number of anilines is 1. The Bertz CT molecular complexity index is 543. The number of halogens is 2. The number of carbonyl (C=O) groups is 2. The molecule has 0 spiro atoms. The SMILES string of the molecule is O=C(O)C1CSCCN1C(=O)Nc1ccc(Br)c(Cl)c1. The highest BCUT2D eigenvalue weighted by molar-refractivity contribution is 9.10. The first kappa shape index (κ1) is 15.5. The molecule has 2 amide bonds. The fourth-order valence-corrected chi connectivity index (χ4v) is 3.29. The molecule has 1 aromatic carbocycles. The summed E-state index contributed by atoms with van der Waals surface area (Å²) in [5, 5.41) is 12.3. The van der Waals surface area contributed by atoms with Crippen molar-refractivity contribution in [1.82, 2.24) is 4.90 Å². The van der Waals surface area contributed by atoms with Crippen LogP contribution < -0.4 is 5.32 Å². The standard InChI is InChI=1S/C12H12BrClN2O3S/c13-8-2-1-7(5-9(8)14)15-12(19)16-3-4-20-6-10(16)11(17)18/h1-2,5,10H,3-4,6H2,(H,15,19)(H,17,18). The van der Waals surface area contributed by atoms with E-state index in [2.05, 4.69) is 21.2 Å². The third-order valence-electron chi connectivity index (χ3n) is 2.85. The fraction of sp³-hybridized carbons (Fsp3) is 0.333. The largest absolute Gasteiger partial charge is 0.480 e. The lowest BCUT2D eigenvalue weighted by Gasteiger charge is -2.32. The Kier molecular flexibility index (Phi) is 5.17. The Hall–Kier alpha value is -0.920. The first-order chi connectivity index (χ1) is 9.49. The molecule has 1 aliphatic rings. The summed E-state index contributed by atoms with van der Waals surface area (Å²) >= 11 is 10.8. The van der Waals surface area contributed by atoms with Crippen LogP contribution in [0, 0.1) is 0 Å². The predicted molar refractivity (Wildman–Crippen MR) is 83.6 cm³/mol. The molecule has 5 nitrogen and oxygen atoms in total. The topological polar surface area (TPSA) is 69.6 Å². The van der Waals surface area contributed by atoms with Crippen LogP contribution in [0.5, 0.6) is 0 Å². The maximum atomic E-state index is 12.2. The summed E-state index contributed by atoms with van der Waals surface area (Å²) in [6.45, 7) is 0.414. The van der Waals surface area contributed by atoms with Crippen molar-refractivity contribution in [3.8, 4) is 0 Å². The van der Waals surface area contributed by atoms with Crippen molar-refractivity contribution in [2.75, 3.05) is 23.4 Å². The zero-order chi connectivity index (χ0) is 14.7. The van der Waals surface area contributed by atoms with Crippen LogP contribution in [0.3, 0.4) is 0 Å². The van der Waals surface area contributed by atoms with Gasteiger partial charge in [0.05, 0.1) is 5.02 Å². The molecular weight excluding hydrogens is 368 g/mol. The Morgan fingerprint density at radius 3 is 2.90 bits per heavy atom. The number of hydrogen-bond acceptors (Lipinski definition) is 3. The molecule has 2 rings (SSSR count). The summed E-state index contributed by atoms with van der Waals surface area (Å²) in [5.41, 5.74) is 0.533. The van der Waals surface area contributed by atoms with Gasteiger partial charge in [0, 0.05) is 28.2 Å². The van der Waals surface area contributed by atoms with Gasteiger partial charge in [0.15, 0.2) is 0 Å². The van der Waals surface area contributed by atoms with E-state index in [1.807, 2.05) is 0 Å². The zero-order valence-corrected chi connectivity index (χ0v) is 13.5. The van der Waals surface area contributed by atoms with Crippen molar-refractivity contribution >= 4 is 57.0 Å². The predicted octanol–water partition coefficient (Wildman–Crippen LogP) is 3.14. The Balaban J connectivity index is 2.09. The molecule has 0 bridgehead atoms. The molecule has 1 fully saturated rings. The normalized spacial score (nSPS) is 18.7. The monoisotopic (exact) mass is 378 g/mol. The van der Waals surface area contributed by atoms with E-state index in [0.29, 0.717) is 23.0 Å². The lowest BCUT2D eigenvalue weighted by molar-refractivity contribution is -0.141. The van der Waals surface area contributed by atoms with E-state index in [1.165, 1.54) is 16.7 Å². The van der Waals surface area contributed by atoms with Crippen molar-refractivity contribution in [2.45, 2.75) is 6.04 Å². The Morgan fingerprint density at radius 2 is 2.25 bits per heavy atom. The molecule has 1 heterocycles. The zero-order valence-electron chi connectivity index (χ0n) is 10.3. The van der Waals surface area contributed by atoms with Gasteiger partial charge >= 0.3 is 12.0 Å². The molecule has 1 aliphatic heterocycles. The highest BCUT2D eigenvalue weighted by Gasteiger charge is 2.32. The minimum absolute atomic E-state index is 0.407. The van der Waals surface area contributed by atoms with Crippen molar-refractivity contribution in [2.24, 2.45) is 0 Å². The number of nitrogens with one attached hydrogen (secondary N) is 1. The summed E-state index contributed by atoms with van der Waals surface area (Å²) in [6, 6.07) is 3.81. The van der Waals surface area contributed by atoms with Crippen LogP contribution in [0.2, 0.25) is 5.02 Å². The van der Waals surface area contributed by atoms with E-state index < -0.39 is 18.0 Å². The van der Waals surface area contributed by atoms with Gasteiger partial charge in [0.25, 0.3) is 0 Å². The second-order valence-corrected chi connectivity index (χ2v) is 6.59. The number of amides is 2. The van der Waals surface area contributed by atoms with Gasteiger partial charge in [-0.15, -0.1) is 0 Å². The van der Waals surface area contributed by atoms with Gasteiger partial charge in [0.2, 0.25) is 0 Å². The van der Waals surface area contributed by atoms with Gasteiger partial charge in [-0.3, -0.25) is 0 Å². The first-order valence-corrected chi connectivity index (χ1v) is 8.15. The number of rotatable bonds is 2. The smallest absolute Gasteiger partial charge is 0.327 e. The average Bonchev–Trinajstić information content (AvgIpc) is 2.43. The maximum Gasteiger partial charge on any atom is 0.327 e. The molecule has 2 N–H and O–H groups in total. The van der Waals surface area contributed by atoms with E-state index in [9.17, 15) is 9.59 Å². The van der Waals surface area contributed by atoms with Crippen LogP contribution >= 0.6 is 39.3 Å². The molecule has 1 atom stereocenters. The van der Waals surface area contributed by atoms with E-state index in [4.69, 9.17) is 16.7 Å². The summed E-state index contributed by atoms with van der Waals surface area (Å²) in [5.74, 6) is 0.156. The second kappa shape index (κ2) is 6.69. The van der Waals surface area contributed by atoms with Crippen molar-refractivity contribution in [1.29, 1.82) is 0 Å². The number of nitrogens with zero attached hydrogens (tertiary/aromatic N) is 1. The first-order valence-electron chi connectivity index (χ1n) is 5.82. The number of benzene rings is 1. The molecule has 1 unspecified atom stereocenters.